The van der Waals surface area contributed by atoms with Gasteiger partial charge in [0, 0.05) is 18.2 Å². The second-order valence-electron chi connectivity index (χ2n) is 4.74. The van der Waals surface area contributed by atoms with Crippen molar-refractivity contribution >= 4 is 5.69 Å². The minimum Gasteiger partial charge on any atom is -0.395 e. The van der Waals surface area contributed by atoms with Gasteiger partial charge in [0.2, 0.25) is 0 Å². The Labute approximate surface area is 114 Å². The average molecular weight is 269 g/mol. The number of para-hydroxylation sites is 1. The van der Waals surface area contributed by atoms with E-state index in [0.717, 1.165) is 12.8 Å². The summed E-state index contributed by atoms with van der Waals surface area (Å²) in [5, 5.41) is 19.0. The van der Waals surface area contributed by atoms with Gasteiger partial charge in [-0.3, -0.25) is 0 Å². The van der Waals surface area contributed by atoms with Crippen molar-refractivity contribution in [1.82, 2.24) is 0 Å². The van der Waals surface area contributed by atoms with Crippen molar-refractivity contribution in [3.63, 3.8) is 0 Å². The van der Waals surface area contributed by atoms with Gasteiger partial charge in [0.1, 0.15) is 5.82 Å². The molecule has 1 atom stereocenters. The standard InChI is InChI=1S/C15H24FNO2/c1-4-12(5-2)17(9-10-18)15-13(11(3)19)7-6-8-14(15)16/h6-8,11-12,18-19H,4-5,9-10H2,1-3H3/t11-/m0/s1. The molecule has 0 saturated carbocycles. The summed E-state index contributed by atoms with van der Waals surface area (Å²) in [4.78, 5) is 1.87. The first-order valence-corrected chi connectivity index (χ1v) is 6.90. The summed E-state index contributed by atoms with van der Waals surface area (Å²) in [6.45, 7) is 6.04. The molecule has 0 saturated heterocycles. The maximum Gasteiger partial charge on any atom is 0.146 e. The Kier molecular flexibility index (Phi) is 6.25. The predicted molar refractivity (Wildman–Crippen MR) is 75.8 cm³/mol. The molecular formula is C15H24FNO2. The van der Waals surface area contributed by atoms with Crippen LogP contribution < -0.4 is 4.90 Å². The van der Waals surface area contributed by atoms with Crippen LogP contribution in [0.2, 0.25) is 0 Å². The summed E-state index contributed by atoms with van der Waals surface area (Å²) < 4.78 is 14.2. The van der Waals surface area contributed by atoms with Crippen LogP contribution in [0.4, 0.5) is 10.1 Å². The van der Waals surface area contributed by atoms with Crippen LogP contribution in [-0.2, 0) is 0 Å². The van der Waals surface area contributed by atoms with E-state index in [0.29, 0.717) is 17.8 Å². The van der Waals surface area contributed by atoms with Crippen LogP contribution in [0.5, 0.6) is 0 Å². The fourth-order valence-electron chi connectivity index (χ4n) is 2.49. The molecule has 1 rings (SSSR count). The molecule has 0 aromatic heterocycles. The number of aliphatic hydroxyl groups excluding tert-OH is 2. The van der Waals surface area contributed by atoms with E-state index in [2.05, 4.69) is 0 Å². The molecule has 0 bridgehead atoms. The molecule has 0 heterocycles. The van der Waals surface area contributed by atoms with Crippen LogP contribution in [0.15, 0.2) is 18.2 Å². The summed E-state index contributed by atoms with van der Waals surface area (Å²) in [6.07, 6.45) is 0.995. The molecule has 0 aliphatic carbocycles. The highest BCUT2D eigenvalue weighted by molar-refractivity contribution is 5.56. The van der Waals surface area contributed by atoms with Gasteiger partial charge in [-0.1, -0.05) is 26.0 Å². The van der Waals surface area contributed by atoms with Crippen molar-refractivity contribution in [2.24, 2.45) is 0 Å². The lowest BCUT2D eigenvalue weighted by Gasteiger charge is -2.34. The Morgan fingerprint density at radius 3 is 2.37 bits per heavy atom. The minimum atomic E-state index is -0.735. The maximum atomic E-state index is 14.2. The second-order valence-corrected chi connectivity index (χ2v) is 4.74. The second kappa shape index (κ2) is 7.46. The lowest BCUT2D eigenvalue weighted by atomic mass is 10.0. The summed E-state index contributed by atoms with van der Waals surface area (Å²) in [5.74, 6) is -0.348. The third-order valence-corrected chi connectivity index (χ3v) is 3.48. The summed E-state index contributed by atoms with van der Waals surface area (Å²) >= 11 is 0. The Morgan fingerprint density at radius 1 is 1.26 bits per heavy atom. The van der Waals surface area contributed by atoms with Gasteiger partial charge < -0.3 is 15.1 Å². The number of hydrogen-bond acceptors (Lipinski definition) is 3. The van der Waals surface area contributed by atoms with Crippen LogP contribution >= 0.6 is 0 Å². The van der Waals surface area contributed by atoms with E-state index in [-0.39, 0.29) is 18.5 Å². The summed E-state index contributed by atoms with van der Waals surface area (Å²) in [5.41, 5.74) is 0.987. The monoisotopic (exact) mass is 269 g/mol. The number of halogens is 1. The van der Waals surface area contributed by atoms with Crippen LogP contribution in [0.25, 0.3) is 0 Å². The molecule has 0 amide bonds. The topological polar surface area (TPSA) is 43.7 Å². The van der Waals surface area contributed by atoms with Gasteiger partial charge in [-0.2, -0.15) is 0 Å². The van der Waals surface area contributed by atoms with Crippen LogP contribution in [0.1, 0.15) is 45.3 Å². The molecule has 0 spiro atoms. The Bertz CT molecular complexity index is 392. The van der Waals surface area contributed by atoms with Crippen molar-refractivity contribution in [3.05, 3.63) is 29.6 Å². The van der Waals surface area contributed by atoms with Crippen molar-refractivity contribution in [2.45, 2.75) is 45.8 Å². The first-order valence-electron chi connectivity index (χ1n) is 6.90. The van der Waals surface area contributed by atoms with E-state index in [1.54, 1.807) is 19.1 Å². The molecule has 108 valence electrons. The molecule has 4 heteroatoms. The van der Waals surface area contributed by atoms with E-state index < -0.39 is 6.10 Å². The summed E-state index contributed by atoms with van der Waals surface area (Å²) in [6, 6.07) is 4.89. The number of anilines is 1. The van der Waals surface area contributed by atoms with Gasteiger partial charge in [0.15, 0.2) is 0 Å². The summed E-state index contributed by atoms with van der Waals surface area (Å²) in [7, 11) is 0. The van der Waals surface area contributed by atoms with Crippen molar-refractivity contribution in [1.29, 1.82) is 0 Å². The van der Waals surface area contributed by atoms with Gasteiger partial charge in [-0.25, -0.2) is 4.39 Å². The highest BCUT2D eigenvalue weighted by atomic mass is 19.1. The highest BCUT2D eigenvalue weighted by Gasteiger charge is 2.23. The quantitative estimate of drug-likeness (QED) is 0.800. The molecule has 1 aromatic rings. The molecule has 19 heavy (non-hydrogen) atoms. The SMILES string of the molecule is CCC(CC)N(CCO)c1c(F)cccc1[C@H](C)O. The number of benzene rings is 1. The molecule has 0 fully saturated rings. The van der Waals surface area contributed by atoms with Crippen LogP contribution in [0.3, 0.4) is 0 Å². The van der Waals surface area contributed by atoms with E-state index in [1.165, 1.54) is 6.07 Å². The minimum absolute atomic E-state index is 0.0376. The first kappa shape index (κ1) is 15.9. The van der Waals surface area contributed by atoms with Gasteiger partial charge in [-0.15, -0.1) is 0 Å². The molecular weight excluding hydrogens is 245 g/mol. The van der Waals surface area contributed by atoms with Gasteiger partial charge in [0.25, 0.3) is 0 Å². The van der Waals surface area contributed by atoms with Crippen LogP contribution in [0, 0.1) is 5.82 Å². The Morgan fingerprint density at radius 2 is 1.89 bits per heavy atom. The van der Waals surface area contributed by atoms with E-state index in [1.807, 2.05) is 18.7 Å². The number of hydrogen-bond donors (Lipinski definition) is 2. The predicted octanol–water partition coefficient (Wildman–Crippen LogP) is 2.87. The molecule has 0 aliphatic heterocycles. The molecule has 0 aliphatic rings. The smallest absolute Gasteiger partial charge is 0.146 e. The fraction of sp³-hybridized carbons (Fsp3) is 0.600. The van der Waals surface area contributed by atoms with E-state index in [4.69, 9.17) is 0 Å². The van der Waals surface area contributed by atoms with Gasteiger partial charge >= 0.3 is 0 Å². The van der Waals surface area contributed by atoms with Gasteiger partial charge in [-0.05, 0) is 25.8 Å². The van der Waals surface area contributed by atoms with Crippen LogP contribution in [-0.4, -0.2) is 29.4 Å². The Balaban J connectivity index is 3.28. The molecule has 3 nitrogen and oxygen atoms in total. The lowest BCUT2D eigenvalue weighted by Crippen LogP contribution is -2.38. The number of rotatable bonds is 7. The number of nitrogens with zero attached hydrogens (tertiary/aromatic N) is 1. The fourth-order valence-corrected chi connectivity index (χ4v) is 2.49. The van der Waals surface area contributed by atoms with Crippen molar-refractivity contribution in [2.75, 3.05) is 18.1 Å². The average Bonchev–Trinajstić information content (AvgIpc) is 2.39. The largest absolute Gasteiger partial charge is 0.395 e. The zero-order valence-corrected chi connectivity index (χ0v) is 11.9. The normalized spacial score (nSPS) is 12.8. The molecule has 2 N–H and O–H groups in total. The van der Waals surface area contributed by atoms with Crippen molar-refractivity contribution < 1.29 is 14.6 Å². The third-order valence-electron chi connectivity index (χ3n) is 3.48. The first-order chi connectivity index (χ1) is 9.06. The molecule has 1 aromatic carbocycles. The van der Waals surface area contributed by atoms with E-state index >= 15 is 0 Å². The molecule has 0 radical (unpaired) electrons. The van der Waals surface area contributed by atoms with E-state index in [9.17, 15) is 14.6 Å². The molecule has 0 unspecified atom stereocenters. The van der Waals surface area contributed by atoms with Gasteiger partial charge in [0.05, 0.1) is 18.4 Å². The third kappa shape index (κ3) is 3.67. The maximum absolute atomic E-state index is 14.2. The number of aliphatic hydroxyl groups is 2. The highest BCUT2D eigenvalue weighted by Crippen LogP contribution is 2.31. The lowest BCUT2D eigenvalue weighted by molar-refractivity contribution is 0.198. The Hall–Kier alpha value is -1.13. The zero-order chi connectivity index (χ0) is 14.4. The zero-order valence-electron chi connectivity index (χ0n) is 11.9. The van der Waals surface area contributed by atoms with Crippen molar-refractivity contribution in [3.8, 4) is 0 Å².